The van der Waals surface area contributed by atoms with E-state index in [4.69, 9.17) is 5.26 Å². The second-order valence-electron chi connectivity index (χ2n) is 4.05. The number of nitrogens with zero attached hydrogens (tertiary/aromatic N) is 1. The Kier molecular flexibility index (Phi) is 2.22. The predicted octanol–water partition coefficient (Wildman–Crippen LogP) is 3.16. The monoisotopic (exact) mass is 207 g/mol. The summed E-state index contributed by atoms with van der Waals surface area (Å²) < 4.78 is 26.0. The van der Waals surface area contributed by atoms with Crippen molar-refractivity contribution in [2.24, 2.45) is 5.92 Å². The molecule has 0 amide bonds. The largest absolute Gasteiger partial charge is 0.207 e. The number of rotatable bonds is 2. The standard InChI is InChI=1S/C12H11F2N/c1-2-8-6-12(8,7-15)9-3-10(13)5-11(14)4-9/h3-5,8H,2,6H2,1H3. The van der Waals surface area contributed by atoms with E-state index in [0.29, 0.717) is 12.0 Å². The third-order valence-electron chi connectivity index (χ3n) is 3.18. The molecule has 1 aromatic carbocycles. The smallest absolute Gasteiger partial charge is 0.126 e. The second-order valence-corrected chi connectivity index (χ2v) is 4.05. The molecule has 0 heterocycles. The van der Waals surface area contributed by atoms with E-state index in [1.54, 1.807) is 0 Å². The Bertz CT molecular complexity index is 415. The van der Waals surface area contributed by atoms with Crippen molar-refractivity contribution in [3.8, 4) is 6.07 Å². The van der Waals surface area contributed by atoms with Crippen molar-refractivity contribution < 1.29 is 8.78 Å². The van der Waals surface area contributed by atoms with Crippen LogP contribution < -0.4 is 0 Å². The van der Waals surface area contributed by atoms with Crippen LogP contribution in [0.2, 0.25) is 0 Å². The molecule has 0 saturated heterocycles. The molecule has 78 valence electrons. The minimum Gasteiger partial charge on any atom is -0.207 e. The Morgan fingerprint density at radius 3 is 2.40 bits per heavy atom. The number of hydrogen-bond donors (Lipinski definition) is 0. The van der Waals surface area contributed by atoms with Gasteiger partial charge in [0.2, 0.25) is 0 Å². The van der Waals surface area contributed by atoms with Crippen LogP contribution in [0.4, 0.5) is 8.78 Å². The van der Waals surface area contributed by atoms with Crippen molar-refractivity contribution in [3.05, 3.63) is 35.4 Å². The molecule has 1 aliphatic rings. The van der Waals surface area contributed by atoms with Gasteiger partial charge in [0.15, 0.2) is 0 Å². The van der Waals surface area contributed by atoms with Crippen LogP contribution in [0.5, 0.6) is 0 Å². The van der Waals surface area contributed by atoms with Gasteiger partial charge in [-0.3, -0.25) is 0 Å². The van der Waals surface area contributed by atoms with Gasteiger partial charge in [-0.05, 0) is 30.0 Å². The van der Waals surface area contributed by atoms with Crippen LogP contribution in [-0.2, 0) is 5.41 Å². The number of hydrogen-bond acceptors (Lipinski definition) is 1. The van der Waals surface area contributed by atoms with Crippen LogP contribution in [0.25, 0.3) is 0 Å². The zero-order valence-corrected chi connectivity index (χ0v) is 8.43. The minimum absolute atomic E-state index is 0.240. The summed E-state index contributed by atoms with van der Waals surface area (Å²) in [6.07, 6.45) is 1.58. The first-order chi connectivity index (χ1) is 7.12. The van der Waals surface area contributed by atoms with E-state index in [1.165, 1.54) is 12.1 Å². The molecule has 1 aliphatic carbocycles. The zero-order valence-electron chi connectivity index (χ0n) is 8.43. The van der Waals surface area contributed by atoms with E-state index in [-0.39, 0.29) is 5.92 Å². The van der Waals surface area contributed by atoms with Gasteiger partial charge in [-0.15, -0.1) is 0 Å². The van der Waals surface area contributed by atoms with Crippen molar-refractivity contribution in [2.75, 3.05) is 0 Å². The SMILES string of the molecule is CCC1CC1(C#N)c1cc(F)cc(F)c1. The highest BCUT2D eigenvalue weighted by atomic mass is 19.1. The summed E-state index contributed by atoms with van der Waals surface area (Å²) in [7, 11) is 0. The van der Waals surface area contributed by atoms with Gasteiger partial charge in [-0.1, -0.05) is 13.3 Å². The molecule has 2 atom stereocenters. The molecule has 0 aliphatic heterocycles. The first-order valence-corrected chi connectivity index (χ1v) is 5.00. The van der Waals surface area contributed by atoms with E-state index in [1.807, 2.05) is 6.92 Å². The lowest BCUT2D eigenvalue weighted by atomic mass is 9.94. The number of halogens is 2. The fourth-order valence-corrected chi connectivity index (χ4v) is 2.19. The molecule has 1 fully saturated rings. The van der Waals surface area contributed by atoms with Crippen molar-refractivity contribution in [1.82, 2.24) is 0 Å². The molecule has 2 unspecified atom stereocenters. The van der Waals surface area contributed by atoms with Gasteiger partial charge in [-0.25, -0.2) is 8.78 Å². The lowest BCUT2D eigenvalue weighted by molar-refractivity contribution is 0.574. The van der Waals surface area contributed by atoms with Crippen LogP contribution in [0.15, 0.2) is 18.2 Å². The van der Waals surface area contributed by atoms with Crippen LogP contribution in [0.1, 0.15) is 25.3 Å². The lowest BCUT2D eigenvalue weighted by Crippen LogP contribution is -2.07. The Hall–Kier alpha value is -1.43. The van der Waals surface area contributed by atoms with E-state index in [9.17, 15) is 8.78 Å². The van der Waals surface area contributed by atoms with E-state index in [0.717, 1.165) is 12.5 Å². The van der Waals surface area contributed by atoms with Gasteiger partial charge in [0.1, 0.15) is 11.6 Å². The molecule has 3 heteroatoms. The highest BCUT2D eigenvalue weighted by Gasteiger charge is 2.55. The maximum absolute atomic E-state index is 13.0. The quantitative estimate of drug-likeness (QED) is 0.730. The van der Waals surface area contributed by atoms with Crippen LogP contribution >= 0.6 is 0 Å². The average molecular weight is 207 g/mol. The van der Waals surface area contributed by atoms with Gasteiger partial charge in [0.05, 0.1) is 11.5 Å². The van der Waals surface area contributed by atoms with Gasteiger partial charge < -0.3 is 0 Å². The molecule has 1 saturated carbocycles. The highest BCUT2D eigenvalue weighted by molar-refractivity contribution is 5.41. The summed E-state index contributed by atoms with van der Waals surface area (Å²) in [6.45, 7) is 1.99. The van der Waals surface area contributed by atoms with Crippen LogP contribution in [0.3, 0.4) is 0 Å². The summed E-state index contributed by atoms with van der Waals surface area (Å²) >= 11 is 0. The van der Waals surface area contributed by atoms with E-state index in [2.05, 4.69) is 6.07 Å². The third kappa shape index (κ3) is 1.50. The van der Waals surface area contributed by atoms with Crippen molar-refractivity contribution in [3.63, 3.8) is 0 Å². The van der Waals surface area contributed by atoms with Crippen LogP contribution in [-0.4, -0.2) is 0 Å². The molecular formula is C12H11F2N. The summed E-state index contributed by atoms with van der Waals surface area (Å²) in [6, 6.07) is 5.55. The van der Waals surface area contributed by atoms with E-state index < -0.39 is 17.0 Å². The summed E-state index contributed by atoms with van der Waals surface area (Å²) in [4.78, 5) is 0. The molecule has 0 bridgehead atoms. The molecule has 1 nitrogen and oxygen atoms in total. The lowest BCUT2D eigenvalue weighted by Gasteiger charge is -2.08. The predicted molar refractivity (Wildman–Crippen MR) is 52.0 cm³/mol. The molecule has 0 radical (unpaired) electrons. The van der Waals surface area contributed by atoms with Gasteiger partial charge >= 0.3 is 0 Å². The second kappa shape index (κ2) is 3.30. The Labute approximate surface area is 87.3 Å². The highest BCUT2D eigenvalue weighted by Crippen LogP contribution is 2.55. The molecule has 0 spiro atoms. The number of benzene rings is 1. The first kappa shape index (κ1) is 10.1. The Balaban J connectivity index is 2.42. The minimum atomic E-state index is -0.641. The summed E-state index contributed by atoms with van der Waals surface area (Å²) in [5, 5.41) is 9.10. The Morgan fingerprint density at radius 1 is 1.40 bits per heavy atom. The van der Waals surface area contributed by atoms with Gasteiger partial charge in [-0.2, -0.15) is 5.26 Å². The summed E-state index contributed by atoms with van der Waals surface area (Å²) in [5.41, 5.74) is -0.160. The molecule has 15 heavy (non-hydrogen) atoms. The van der Waals surface area contributed by atoms with Crippen molar-refractivity contribution >= 4 is 0 Å². The van der Waals surface area contributed by atoms with E-state index >= 15 is 0 Å². The van der Waals surface area contributed by atoms with Gasteiger partial charge in [0.25, 0.3) is 0 Å². The van der Waals surface area contributed by atoms with Gasteiger partial charge in [0, 0.05) is 6.07 Å². The summed E-state index contributed by atoms with van der Waals surface area (Å²) in [5.74, 6) is -0.980. The first-order valence-electron chi connectivity index (χ1n) is 5.00. The molecular weight excluding hydrogens is 196 g/mol. The molecule has 0 N–H and O–H groups in total. The maximum atomic E-state index is 13.0. The topological polar surface area (TPSA) is 23.8 Å². The fraction of sp³-hybridized carbons (Fsp3) is 0.417. The average Bonchev–Trinajstić information content (AvgIpc) is 2.91. The third-order valence-corrected chi connectivity index (χ3v) is 3.18. The van der Waals surface area contributed by atoms with Crippen LogP contribution in [0, 0.1) is 28.9 Å². The molecule has 0 aromatic heterocycles. The van der Waals surface area contributed by atoms with Crippen molar-refractivity contribution in [2.45, 2.75) is 25.2 Å². The maximum Gasteiger partial charge on any atom is 0.126 e. The fourth-order valence-electron chi connectivity index (χ4n) is 2.19. The zero-order chi connectivity index (χ0) is 11.1. The Morgan fingerprint density at radius 2 is 2.00 bits per heavy atom. The van der Waals surface area contributed by atoms with Crippen molar-refractivity contribution in [1.29, 1.82) is 5.26 Å². The number of nitriles is 1. The molecule has 1 aromatic rings. The normalized spacial score (nSPS) is 28.5. The molecule has 2 rings (SSSR count).